The molecule has 0 aliphatic carbocycles. The average molecular weight is 223 g/mol. The summed E-state index contributed by atoms with van der Waals surface area (Å²) < 4.78 is 0. The maximum atomic E-state index is 4.21. The summed E-state index contributed by atoms with van der Waals surface area (Å²) in [6, 6.07) is 4.22. The fourth-order valence-electron chi connectivity index (χ4n) is 1.70. The SMILES string of the molecule is SCCCCCCCCc1ccncc1. The van der Waals surface area contributed by atoms with Crippen LogP contribution in [0.25, 0.3) is 0 Å². The van der Waals surface area contributed by atoms with Gasteiger partial charge in [0.2, 0.25) is 0 Å². The minimum absolute atomic E-state index is 1.04. The molecule has 0 spiro atoms. The Morgan fingerprint density at radius 1 is 0.867 bits per heavy atom. The molecule has 0 aliphatic heterocycles. The zero-order valence-electron chi connectivity index (χ0n) is 9.36. The van der Waals surface area contributed by atoms with E-state index >= 15 is 0 Å². The first-order valence-corrected chi connectivity index (χ1v) is 6.56. The number of hydrogen-bond donors (Lipinski definition) is 1. The van der Waals surface area contributed by atoms with Crippen LogP contribution in [0, 0.1) is 0 Å². The lowest BCUT2D eigenvalue weighted by Gasteiger charge is -2.01. The highest BCUT2D eigenvalue weighted by molar-refractivity contribution is 7.80. The Morgan fingerprint density at radius 3 is 2.13 bits per heavy atom. The van der Waals surface area contributed by atoms with Crippen molar-refractivity contribution in [3.05, 3.63) is 30.1 Å². The largest absolute Gasteiger partial charge is 0.265 e. The first-order valence-electron chi connectivity index (χ1n) is 5.93. The predicted octanol–water partition coefficient (Wildman–Crippen LogP) is 3.89. The third-order valence-electron chi connectivity index (χ3n) is 2.62. The van der Waals surface area contributed by atoms with Crippen molar-refractivity contribution in [3.63, 3.8) is 0 Å². The minimum Gasteiger partial charge on any atom is -0.265 e. The summed E-state index contributed by atoms with van der Waals surface area (Å²) in [5.41, 5.74) is 1.42. The Hall–Kier alpha value is -0.500. The van der Waals surface area contributed by atoms with Gasteiger partial charge in [0.25, 0.3) is 0 Å². The molecule has 1 aromatic heterocycles. The molecule has 0 N–H and O–H groups in total. The lowest BCUT2D eigenvalue weighted by Crippen LogP contribution is -1.86. The van der Waals surface area contributed by atoms with E-state index in [1.165, 1.54) is 50.5 Å². The number of thiol groups is 1. The molecule has 84 valence electrons. The van der Waals surface area contributed by atoms with E-state index in [4.69, 9.17) is 0 Å². The Labute approximate surface area is 98.7 Å². The zero-order valence-corrected chi connectivity index (χ0v) is 10.3. The zero-order chi connectivity index (χ0) is 10.8. The summed E-state index contributed by atoms with van der Waals surface area (Å²) in [6.07, 6.45) is 13.0. The average Bonchev–Trinajstić information content (AvgIpc) is 2.29. The molecular weight excluding hydrogens is 202 g/mol. The van der Waals surface area contributed by atoms with Crippen LogP contribution in [0.3, 0.4) is 0 Å². The van der Waals surface area contributed by atoms with E-state index in [9.17, 15) is 0 Å². The van der Waals surface area contributed by atoms with Crippen molar-refractivity contribution < 1.29 is 0 Å². The van der Waals surface area contributed by atoms with Crippen molar-refractivity contribution in [1.82, 2.24) is 4.98 Å². The van der Waals surface area contributed by atoms with Gasteiger partial charge >= 0.3 is 0 Å². The molecule has 0 atom stereocenters. The molecule has 1 rings (SSSR count). The van der Waals surface area contributed by atoms with Crippen molar-refractivity contribution in [3.8, 4) is 0 Å². The standard InChI is InChI=1S/C13H21NS/c15-12-6-4-2-1-3-5-7-13-8-10-14-11-9-13/h8-11,15H,1-7,12H2. The quantitative estimate of drug-likeness (QED) is 0.521. The summed E-state index contributed by atoms with van der Waals surface area (Å²) in [5, 5.41) is 0. The summed E-state index contributed by atoms with van der Waals surface area (Å²) >= 11 is 4.21. The molecule has 1 heterocycles. The Balaban J connectivity index is 1.93. The van der Waals surface area contributed by atoms with Crippen LogP contribution in [0.4, 0.5) is 0 Å². The van der Waals surface area contributed by atoms with E-state index in [1.807, 2.05) is 12.4 Å². The molecule has 1 nitrogen and oxygen atoms in total. The smallest absolute Gasteiger partial charge is 0.0270 e. The topological polar surface area (TPSA) is 12.9 Å². The molecule has 0 saturated carbocycles. The fraction of sp³-hybridized carbons (Fsp3) is 0.615. The molecule has 0 amide bonds. The molecule has 0 bridgehead atoms. The number of rotatable bonds is 8. The van der Waals surface area contributed by atoms with E-state index in [2.05, 4.69) is 29.7 Å². The van der Waals surface area contributed by atoms with E-state index in [0.717, 1.165) is 5.75 Å². The van der Waals surface area contributed by atoms with Gasteiger partial charge in [-0.2, -0.15) is 12.6 Å². The number of aromatic nitrogens is 1. The molecule has 1 aromatic rings. The molecule has 0 aromatic carbocycles. The second-order valence-electron chi connectivity index (χ2n) is 3.95. The van der Waals surface area contributed by atoms with Crippen LogP contribution < -0.4 is 0 Å². The van der Waals surface area contributed by atoms with Gasteiger partial charge < -0.3 is 0 Å². The third kappa shape index (κ3) is 6.56. The van der Waals surface area contributed by atoms with Gasteiger partial charge in [-0.05, 0) is 42.7 Å². The third-order valence-corrected chi connectivity index (χ3v) is 2.94. The predicted molar refractivity (Wildman–Crippen MR) is 69.5 cm³/mol. The highest BCUT2D eigenvalue weighted by atomic mass is 32.1. The van der Waals surface area contributed by atoms with Crippen LogP contribution in [0.15, 0.2) is 24.5 Å². The van der Waals surface area contributed by atoms with Crippen LogP contribution in [-0.2, 0) is 6.42 Å². The Morgan fingerprint density at radius 2 is 1.47 bits per heavy atom. The van der Waals surface area contributed by atoms with Crippen LogP contribution in [-0.4, -0.2) is 10.7 Å². The van der Waals surface area contributed by atoms with E-state index in [0.29, 0.717) is 0 Å². The van der Waals surface area contributed by atoms with Gasteiger partial charge in [-0.3, -0.25) is 4.98 Å². The molecule has 0 fully saturated rings. The van der Waals surface area contributed by atoms with Crippen LogP contribution in [0.5, 0.6) is 0 Å². The van der Waals surface area contributed by atoms with Crippen molar-refractivity contribution >= 4 is 12.6 Å². The highest BCUT2D eigenvalue weighted by Crippen LogP contribution is 2.09. The molecule has 0 radical (unpaired) electrons. The lowest BCUT2D eigenvalue weighted by molar-refractivity contribution is 0.609. The number of unbranched alkanes of at least 4 members (excludes halogenated alkanes) is 5. The summed E-state index contributed by atoms with van der Waals surface area (Å²) in [6.45, 7) is 0. The van der Waals surface area contributed by atoms with E-state index < -0.39 is 0 Å². The molecule has 0 saturated heterocycles. The van der Waals surface area contributed by atoms with Crippen molar-refractivity contribution in [2.45, 2.75) is 44.9 Å². The number of aryl methyl sites for hydroxylation is 1. The van der Waals surface area contributed by atoms with Crippen molar-refractivity contribution in [1.29, 1.82) is 0 Å². The molecular formula is C13H21NS. The van der Waals surface area contributed by atoms with Crippen molar-refractivity contribution in [2.24, 2.45) is 0 Å². The second-order valence-corrected chi connectivity index (χ2v) is 4.40. The maximum Gasteiger partial charge on any atom is 0.0270 e. The monoisotopic (exact) mass is 223 g/mol. The summed E-state index contributed by atoms with van der Waals surface area (Å²) in [7, 11) is 0. The van der Waals surface area contributed by atoms with Crippen LogP contribution in [0.2, 0.25) is 0 Å². The van der Waals surface area contributed by atoms with Gasteiger partial charge in [-0.25, -0.2) is 0 Å². The minimum atomic E-state index is 1.04. The van der Waals surface area contributed by atoms with Crippen LogP contribution >= 0.6 is 12.6 Å². The molecule has 15 heavy (non-hydrogen) atoms. The molecule has 0 unspecified atom stereocenters. The van der Waals surface area contributed by atoms with Gasteiger partial charge in [-0.1, -0.05) is 25.7 Å². The number of pyridine rings is 1. The highest BCUT2D eigenvalue weighted by Gasteiger charge is 1.93. The molecule has 2 heteroatoms. The Kier molecular flexibility index (Phi) is 7.36. The second kappa shape index (κ2) is 8.78. The maximum absolute atomic E-state index is 4.21. The van der Waals surface area contributed by atoms with E-state index in [1.54, 1.807) is 0 Å². The van der Waals surface area contributed by atoms with Gasteiger partial charge in [0, 0.05) is 12.4 Å². The van der Waals surface area contributed by atoms with Gasteiger partial charge in [0.15, 0.2) is 0 Å². The fourth-order valence-corrected chi connectivity index (χ4v) is 1.92. The number of hydrogen-bond acceptors (Lipinski definition) is 2. The summed E-state index contributed by atoms with van der Waals surface area (Å²) in [5.74, 6) is 1.04. The lowest BCUT2D eigenvalue weighted by atomic mass is 10.1. The first kappa shape index (κ1) is 12.6. The Bertz CT molecular complexity index is 236. The molecule has 0 aliphatic rings. The van der Waals surface area contributed by atoms with Gasteiger partial charge in [-0.15, -0.1) is 0 Å². The summed E-state index contributed by atoms with van der Waals surface area (Å²) in [4.78, 5) is 4.02. The van der Waals surface area contributed by atoms with Gasteiger partial charge in [0.1, 0.15) is 0 Å². The van der Waals surface area contributed by atoms with Gasteiger partial charge in [0.05, 0.1) is 0 Å². The van der Waals surface area contributed by atoms with E-state index in [-0.39, 0.29) is 0 Å². The normalized spacial score (nSPS) is 10.5. The van der Waals surface area contributed by atoms with Crippen molar-refractivity contribution in [2.75, 3.05) is 5.75 Å². The number of nitrogens with zero attached hydrogens (tertiary/aromatic N) is 1. The first-order chi connectivity index (χ1) is 7.43. The van der Waals surface area contributed by atoms with Crippen LogP contribution in [0.1, 0.15) is 44.1 Å².